The standard InChI is InChI=1S/C22H30N2O3/c1-19-7-9-22(10-8-19)27-18-20(25)17-24-13-11-23(12-14-24)15-16-26-21-5-3-2-4-6-21/h2-10,20,25H,11-18H2,1H3. The minimum absolute atomic E-state index is 0.328. The molecule has 2 aromatic rings. The maximum Gasteiger partial charge on any atom is 0.119 e. The summed E-state index contributed by atoms with van der Waals surface area (Å²) in [6, 6.07) is 17.9. The number of hydrogen-bond acceptors (Lipinski definition) is 5. The fraction of sp³-hybridized carbons (Fsp3) is 0.455. The normalized spacial score (nSPS) is 16.8. The average molecular weight is 370 g/mol. The van der Waals surface area contributed by atoms with E-state index in [4.69, 9.17) is 9.47 Å². The number of benzene rings is 2. The van der Waals surface area contributed by atoms with E-state index in [2.05, 4.69) is 9.80 Å². The van der Waals surface area contributed by atoms with Crippen molar-refractivity contribution < 1.29 is 14.6 Å². The summed E-state index contributed by atoms with van der Waals surface area (Å²) in [5.41, 5.74) is 1.20. The minimum Gasteiger partial charge on any atom is -0.492 e. The number of aliphatic hydroxyl groups is 1. The summed E-state index contributed by atoms with van der Waals surface area (Å²) in [7, 11) is 0. The number of β-amino-alcohol motifs (C(OH)–C–C–N with tert-alkyl or cyclic N) is 1. The molecule has 2 aromatic carbocycles. The van der Waals surface area contributed by atoms with Crippen LogP contribution in [-0.2, 0) is 0 Å². The van der Waals surface area contributed by atoms with Gasteiger partial charge in [0.15, 0.2) is 0 Å². The lowest BCUT2D eigenvalue weighted by atomic mass is 10.2. The first kappa shape index (κ1) is 19.7. The van der Waals surface area contributed by atoms with Crippen LogP contribution in [0.3, 0.4) is 0 Å². The molecule has 0 radical (unpaired) electrons. The average Bonchev–Trinajstić information content (AvgIpc) is 2.70. The van der Waals surface area contributed by atoms with E-state index < -0.39 is 6.10 Å². The Labute approximate surface area is 162 Å². The van der Waals surface area contributed by atoms with Gasteiger partial charge in [0.1, 0.15) is 30.8 Å². The highest BCUT2D eigenvalue weighted by atomic mass is 16.5. The maximum absolute atomic E-state index is 10.3. The number of ether oxygens (including phenoxy) is 2. The Hall–Kier alpha value is -2.08. The molecular weight excluding hydrogens is 340 g/mol. The third kappa shape index (κ3) is 6.86. The predicted molar refractivity (Wildman–Crippen MR) is 107 cm³/mol. The summed E-state index contributed by atoms with van der Waals surface area (Å²) >= 11 is 0. The molecule has 0 bridgehead atoms. The Morgan fingerprint density at radius 1 is 0.852 bits per heavy atom. The summed E-state index contributed by atoms with van der Waals surface area (Å²) in [5, 5.41) is 10.3. The molecule has 3 rings (SSSR count). The lowest BCUT2D eigenvalue weighted by Gasteiger charge is -2.35. The zero-order chi connectivity index (χ0) is 18.9. The molecule has 1 saturated heterocycles. The van der Waals surface area contributed by atoms with Gasteiger partial charge in [-0.15, -0.1) is 0 Å². The Morgan fingerprint density at radius 2 is 1.48 bits per heavy atom. The molecule has 0 aromatic heterocycles. The van der Waals surface area contributed by atoms with E-state index in [-0.39, 0.29) is 0 Å². The molecule has 1 aliphatic rings. The first-order valence-corrected chi connectivity index (χ1v) is 9.69. The molecule has 27 heavy (non-hydrogen) atoms. The van der Waals surface area contributed by atoms with E-state index in [0.717, 1.165) is 44.2 Å². The van der Waals surface area contributed by atoms with E-state index in [1.54, 1.807) is 0 Å². The maximum atomic E-state index is 10.3. The molecule has 1 unspecified atom stereocenters. The van der Waals surface area contributed by atoms with Gasteiger partial charge in [-0.25, -0.2) is 0 Å². The summed E-state index contributed by atoms with van der Waals surface area (Å²) in [6.45, 7) is 8.60. The number of aryl methyl sites for hydroxylation is 1. The van der Waals surface area contributed by atoms with Gasteiger partial charge >= 0.3 is 0 Å². The van der Waals surface area contributed by atoms with Crippen LogP contribution < -0.4 is 9.47 Å². The molecule has 0 spiro atoms. The number of para-hydroxylation sites is 1. The van der Waals surface area contributed by atoms with Crippen LogP contribution in [0.25, 0.3) is 0 Å². The van der Waals surface area contributed by atoms with Gasteiger partial charge in [0, 0.05) is 39.3 Å². The zero-order valence-corrected chi connectivity index (χ0v) is 16.1. The van der Waals surface area contributed by atoms with Crippen molar-refractivity contribution in [3.8, 4) is 11.5 Å². The largest absolute Gasteiger partial charge is 0.492 e. The van der Waals surface area contributed by atoms with Crippen LogP contribution in [0.2, 0.25) is 0 Å². The van der Waals surface area contributed by atoms with Crippen molar-refractivity contribution in [1.29, 1.82) is 0 Å². The van der Waals surface area contributed by atoms with Crippen molar-refractivity contribution >= 4 is 0 Å². The summed E-state index contributed by atoms with van der Waals surface area (Å²) < 4.78 is 11.4. The third-order valence-electron chi connectivity index (χ3n) is 4.82. The molecular formula is C22H30N2O3. The summed E-state index contributed by atoms with van der Waals surface area (Å²) in [6.07, 6.45) is -0.473. The van der Waals surface area contributed by atoms with E-state index in [1.807, 2.05) is 61.5 Å². The van der Waals surface area contributed by atoms with Crippen molar-refractivity contribution in [3.63, 3.8) is 0 Å². The van der Waals surface area contributed by atoms with Crippen LogP contribution in [0.4, 0.5) is 0 Å². The fourth-order valence-electron chi connectivity index (χ4n) is 3.18. The molecule has 5 heteroatoms. The van der Waals surface area contributed by atoms with Gasteiger partial charge in [0.25, 0.3) is 0 Å². The third-order valence-corrected chi connectivity index (χ3v) is 4.82. The lowest BCUT2D eigenvalue weighted by Crippen LogP contribution is -2.50. The summed E-state index contributed by atoms with van der Waals surface area (Å²) in [5.74, 6) is 1.73. The molecule has 5 nitrogen and oxygen atoms in total. The second kappa shape index (κ2) is 10.3. The van der Waals surface area contributed by atoms with Crippen LogP contribution in [0.1, 0.15) is 5.56 Å². The van der Waals surface area contributed by atoms with Crippen LogP contribution in [0, 0.1) is 6.92 Å². The predicted octanol–water partition coefficient (Wildman–Crippen LogP) is 2.43. The second-order valence-corrected chi connectivity index (χ2v) is 7.08. The van der Waals surface area contributed by atoms with Gasteiger partial charge < -0.3 is 14.6 Å². The molecule has 0 saturated carbocycles. The second-order valence-electron chi connectivity index (χ2n) is 7.08. The van der Waals surface area contributed by atoms with Crippen molar-refractivity contribution in [2.75, 3.05) is 52.5 Å². The number of rotatable bonds is 9. The molecule has 1 atom stereocenters. The lowest BCUT2D eigenvalue weighted by molar-refractivity contribution is 0.0436. The van der Waals surface area contributed by atoms with Gasteiger partial charge in [-0.1, -0.05) is 35.9 Å². The van der Waals surface area contributed by atoms with Crippen LogP contribution in [-0.4, -0.2) is 73.5 Å². The van der Waals surface area contributed by atoms with Crippen molar-refractivity contribution in [2.45, 2.75) is 13.0 Å². The molecule has 1 aliphatic heterocycles. The highest BCUT2D eigenvalue weighted by Crippen LogP contribution is 2.12. The van der Waals surface area contributed by atoms with Crippen molar-refractivity contribution in [2.24, 2.45) is 0 Å². The van der Waals surface area contributed by atoms with Gasteiger partial charge in [-0.05, 0) is 31.2 Å². The van der Waals surface area contributed by atoms with E-state index in [0.29, 0.717) is 19.8 Å². The van der Waals surface area contributed by atoms with Crippen LogP contribution in [0.15, 0.2) is 54.6 Å². The van der Waals surface area contributed by atoms with Crippen molar-refractivity contribution in [3.05, 3.63) is 60.2 Å². The van der Waals surface area contributed by atoms with Gasteiger partial charge in [0.2, 0.25) is 0 Å². The van der Waals surface area contributed by atoms with Gasteiger partial charge in [-0.3, -0.25) is 9.80 Å². The van der Waals surface area contributed by atoms with Crippen LogP contribution >= 0.6 is 0 Å². The van der Waals surface area contributed by atoms with E-state index in [1.165, 1.54) is 5.56 Å². The molecule has 1 heterocycles. The first-order valence-electron chi connectivity index (χ1n) is 9.69. The molecule has 0 aliphatic carbocycles. The Bertz CT molecular complexity index is 655. The number of nitrogens with zero attached hydrogens (tertiary/aromatic N) is 2. The number of aliphatic hydroxyl groups excluding tert-OH is 1. The highest BCUT2D eigenvalue weighted by Gasteiger charge is 2.19. The van der Waals surface area contributed by atoms with E-state index in [9.17, 15) is 5.11 Å². The first-order chi connectivity index (χ1) is 13.2. The quantitative estimate of drug-likeness (QED) is 0.735. The van der Waals surface area contributed by atoms with Gasteiger partial charge in [-0.2, -0.15) is 0 Å². The Morgan fingerprint density at radius 3 is 2.19 bits per heavy atom. The summed E-state index contributed by atoms with van der Waals surface area (Å²) in [4.78, 5) is 4.71. The highest BCUT2D eigenvalue weighted by molar-refractivity contribution is 5.26. The molecule has 146 valence electrons. The zero-order valence-electron chi connectivity index (χ0n) is 16.1. The Kier molecular flexibility index (Phi) is 7.51. The topological polar surface area (TPSA) is 45.2 Å². The molecule has 1 N–H and O–H groups in total. The SMILES string of the molecule is Cc1ccc(OCC(O)CN2CCN(CCOc3ccccc3)CC2)cc1. The molecule has 1 fully saturated rings. The minimum atomic E-state index is -0.473. The van der Waals surface area contributed by atoms with Gasteiger partial charge in [0.05, 0.1) is 0 Å². The van der Waals surface area contributed by atoms with E-state index >= 15 is 0 Å². The van der Waals surface area contributed by atoms with Crippen LogP contribution in [0.5, 0.6) is 11.5 Å². The Balaban J connectivity index is 1.29. The fourth-order valence-corrected chi connectivity index (χ4v) is 3.18. The number of hydrogen-bond donors (Lipinski definition) is 1. The monoisotopic (exact) mass is 370 g/mol. The number of piperazine rings is 1. The van der Waals surface area contributed by atoms with Crippen molar-refractivity contribution in [1.82, 2.24) is 9.80 Å². The smallest absolute Gasteiger partial charge is 0.119 e. The molecule has 0 amide bonds.